The largest absolute Gasteiger partial charge is 0.494 e. The molecule has 1 aliphatic heterocycles. The Labute approximate surface area is 105 Å². The summed E-state index contributed by atoms with van der Waals surface area (Å²) in [6, 6.07) is 2.91. The van der Waals surface area contributed by atoms with Crippen molar-refractivity contribution in [3.05, 3.63) is 17.9 Å². The first-order valence-electron chi connectivity index (χ1n) is 5.69. The minimum absolute atomic E-state index is 0.223. The molecule has 3 N–H and O–H groups in total. The van der Waals surface area contributed by atoms with E-state index in [4.69, 9.17) is 10.5 Å². The standard InChI is InChI=1S/C12H17FN2OS/c1-16-12-6-11(10(14)5-9(12)13)15-7-8-3-2-4-17-8/h5-6,8,15H,2-4,7,14H2,1H3. The monoisotopic (exact) mass is 256 g/mol. The van der Waals surface area contributed by atoms with Gasteiger partial charge in [0.25, 0.3) is 0 Å². The van der Waals surface area contributed by atoms with E-state index in [1.54, 1.807) is 6.07 Å². The SMILES string of the molecule is COc1cc(NCC2CCCS2)c(N)cc1F. The Morgan fingerprint density at radius 2 is 2.41 bits per heavy atom. The van der Waals surface area contributed by atoms with Gasteiger partial charge in [-0.25, -0.2) is 4.39 Å². The third-order valence-electron chi connectivity index (χ3n) is 2.87. The maximum absolute atomic E-state index is 13.3. The fourth-order valence-electron chi connectivity index (χ4n) is 1.91. The number of rotatable bonds is 4. The summed E-state index contributed by atoms with van der Waals surface area (Å²) in [6.45, 7) is 0.865. The number of nitrogen functional groups attached to an aromatic ring is 1. The summed E-state index contributed by atoms with van der Waals surface area (Å²) in [5.74, 6) is 1.03. The van der Waals surface area contributed by atoms with Crippen molar-refractivity contribution in [2.24, 2.45) is 0 Å². The van der Waals surface area contributed by atoms with Crippen LogP contribution in [-0.2, 0) is 0 Å². The number of anilines is 2. The second-order valence-electron chi connectivity index (χ2n) is 4.09. The van der Waals surface area contributed by atoms with Gasteiger partial charge in [-0.2, -0.15) is 11.8 Å². The van der Waals surface area contributed by atoms with E-state index in [2.05, 4.69) is 5.32 Å². The highest BCUT2D eigenvalue weighted by Gasteiger charge is 2.16. The maximum atomic E-state index is 13.3. The van der Waals surface area contributed by atoms with Gasteiger partial charge in [0.15, 0.2) is 11.6 Å². The zero-order valence-electron chi connectivity index (χ0n) is 9.83. The molecule has 1 aromatic rings. The van der Waals surface area contributed by atoms with E-state index in [0.717, 1.165) is 12.2 Å². The van der Waals surface area contributed by atoms with Gasteiger partial charge in [-0.05, 0) is 18.6 Å². The lowest BCUT2D eigenvalue weighted by Gasteiger charge is -2.14. The van der Waals surface area contributed by atoms with Crippen LogP contribution in [0, 0.1) is 5.82 Å². The van der Waals surface area contributed by atoms with Gasteiger partial charge in [0.2, 0.25) is 0 Å². The lowest BCUT2D eigenvalue weighted by Crippen LogP contribution is -2.14. The minimum atomic E-state index is -0.425. The van der Waals surface area contributed by atoms with E-state index in [-0.39, 0.29) is 5.75 Å². The first-order chi connectivity index (χ1) is 8.20. The fourth-order valence-corrected chi connectivity index (χ4v) is 3.11. The zero-order valence-corrected chi connectivity index (χ0v) is 10.6. The predicted molar refractivity (Wildman–Crippen MR) is 71.3 cm³/mol. The normalized spacial score (nSPS) is 19.3. The van der Waals surface area contributed by atoms with E-state index in [1.807, 2.05) is 11.8 Å². The number of ether oxygens (including phenoxy) is 1. The van der Waals surface area contributed by atoms with Gasteiger partial charge >= 0.3 is 0 Å². The van der Waals surface area contributed by atoms with E-state index in [1.165, 1.54) is 31.8 Å². The molecule has 17 heavy (non-hydrogen) atoms. The van der Waals surface area contributed by atoms with E-state index in [0.29, 0.717) is 10.9 Å². The van der Waals surface area contributed by atoms with E-state index in [9.17, 15) is 4.39 Å². The molecule has 1 aromatic carbocycles. The van der Waals surface area contributed by atoms with Gasteiger partial charge in [0.1, 0.15) is 0 Å². The molecule has 0 aliphatic carbocycles. The van der Waals surface area contributed by atoms with Crippen LogP contribution >= 0.6 is 11.8 Å². The number of halogens is 1. The van der Waals surface area contributed by atoms with Crippen LogP contribution in [0.5, 0.6) is 5.75 Å². The highest BCUT2D eigenvalue weighted by molar-refractivity contribution is 8.00. The van der Waals surface area contributed by atoms with Crippen LogP contribution in [0.1, 0.15) is 12.8 Å². The van der Waals surface area contributed by atoms with Crippen molar-refractivity contribution in [1.29, 1.82) is 0 Å². The Bertz CT molecular complexity index is 394. The molecule has 5 heteroatoms. The summed E-state index contributed by atoms with van der Waals surface area (Å²) in [5, 5.41) is 3.89. The Morgan fingerprint density at radius 1 is 1.59 bits per heavy atom. The van der Waals surface area contributed by atoms with Crippen molar-refractivity contribution in [3.63, 3.8) is 0 Å². The summed E-state index contributed by atoms with van der Waals surface area (Å²) >= 11 is 1.97. The molecule has 2 rings (SSSR count). The lowest BCUT2D eigenvalue weighted by molar-refractivity contribution is 0.387. The van der Waals surface area contributed by atoms with Crippen LogP contribution in [0.2, 0.25) is 0 Å². The summed E-state index contributed by atoms with van der Waals surface area (Å²) in [4.78, 5) is 0. The Morgan fingerprint density at radius 3 is 3.06 bits per heavy atom. The van der Waals surface area contributed by atoms with Crippen LogP contribution in [-0.4, -0.2) is 24.7 Å². The van der Waals surface area contributed by atoms with Crippen molar-refractivity contribution in [2.75, 3.05) is 30.5 Å². The first kappa shape index (κ1) is 12.4. The van der Waals surface area contributed by atoms with Gasteiger partial charge in [0.05, 0.1) is 18.5 Å². The Balaban J connectivity index is 2.03. The highest BCUT2D eigenvalue weighted by atomic mass is 32.2. The van der Waals surface area contributed by atoms with Gasteiger partial charge < -0.3 is 15.8 Å². The number of nitrogens with one attached hydrogen (secondary N) is 1. The second-order valence-corrected chi connectivity index (χ2v) is 5.50. The van der Waals surface area contributed by atoms with Crippen LogP contribution in [0.25, 0.3) is 0 Å². The van der Waals surface area contributed by atoms with E-state index < -0.39 is 5.82 Å². The molecule has 94 valence electrons. The molecule has 0 aromatic heterocycles. The van der Waals surface area contributed by atoms with Crippen molar-refractivity contribution in [2.45, 2.75) is 18.1 Å². The topological polar surface area (TPSA) is 47.3 Å². The van der Waals surface area contributed by atoms with E-state index >= 15 is 0 Å². The maximum Gasteiger partial charge on any atom is 0.167 e. The highest BCUT2D eigenvalue weighted by Crippen LogP contribution is 2.30. The lowest BCUT2D eigenvalue weighted by atomic mass is 10.2. The molecular formula is C12H17FN2OS. The molecule has 0 spiro atoms. The van der Waals surface area contributed by atoms with Crippen LogP contribution in [0.3, 0.4) is 0 Å². The third kappa shape index (κ3) is 2.97. The van der Waals surface area contributed by atoms with Crippen LogP contribution < -0.4 is 15.8 Å². The number of hydrogen-bond donors (Lipinski definition) is 2. The predicted octanol–water partition coefficient (Wildman–Crippen LogP) is 2.72. The molecule has 0 amide bonds. The summed E-state index contributed by atoms with van der Waals surface area (Å²) < 4.78 is 18.3. The number of benzene rings is 1. The molecule has 0 radical (unpaired) electrons. The van der Waals surface area contributed by atoms with Crippen LogP contribution in [0.15, 0.2) is 12.1 Å². The quantitative estimate of drug-likeness (QED) is 0.813. The molecule has 1 saturated heterocycles. The van der Waals surface area contributed by atoms with Gasteiger partial charge in [-0.1, -0.05) is 0 Å². The van der Waals surface area contributed by atoms with Crippen LogP contribution in [0.4, 0.5) is 15.8 Å². The molecule has 1 aliphatic rings. The summed E-state index contributed by atoms with van der Waals surface area (Å²) in [7, 11) is 1.45. The smallest absolute Gasteiger partial charge is 0.167 e. The first-order valence-corrected chi connectivity index (χ1v) is 6.74. The van der Waals surface area contributed by atoms with Crippen molar-refractivity contribution in [1.82, 2.24) is 0 Å². The molecule has 1 unspecified atom stereocenters. The Kier molecular flexibility index (Phi) is 3.99. The number of hydrogen-bond acceptors (Lipinski definition) is 4. The van der Waals surface area contributed by atoms with Crippen molar-refractivity contribution < 1.29 is 9.13 Å². The number of thioether (sulfide) groups is 1. The molecular weight excluding hydrogens is 239 g/mol. The van der Waals surface area contributed by atoms with Gasteiger partial charge in [-0.15, -0.1) is 0 Å². The number of methoxy groups -OCH3 is 1. The van der Waals surface area contributed by atoms with Gasteiger partial charge in [-0.3, -0.25) is 0 Å². The zero-order chi connectivity index (χ0) is 12.3. The molecule has 3 nitrogen and oxygen atoms in total. The molecule has 0 bridgehead atoms. The molecule has 0 saturated carbocycles. The average Bonchev–Trinajstić information content (AvgIpc) is 2.81. The van der Waals surface area contributed by atoms with Gasteiger partial charge in [0, 0.05) is 23.9 Å². The fraction of sp³-hybridized carbons (Fsp3) is 0.500. The average molecular weight is 256 g/mol. The Hall–Kier alpha value is -1.10. The second kappa shape index (κ2) is 5.49. The molecule has 1 fully saturated rings. The minimum Gasteiger partial charge on any atom is -0.494 e. The summed E-state index contributed by atoms with van der Waals surface area (Å²) in [6.07, 6.45) is 2.51. The molecule has 1 atom stereocenters. The molecule has 1 heterocycles. The third-order valence-corrected chi connectivity index (χ3v) is 4.27. The number of nitrogens with two attached hydrogens (primary N) is 1. The summed E-state index contributed by atoms with van der Waals surface area (Å²) in [5.41, 5.74) is 6.93. The van der Waals surface area contributed by atoms with Crippen molar-refractivity contribution >= 4 is 23.1 Å². The van der Waals surface area contributed by atoms with Crippen molar-refractivity contribution in [3.8, 4) is 5.75 Å².